The SMILES string of the molecule is Cc1c(S(=O)(=O)N2CCc3ccccc32)cc(C(=O)N2CCC(C)CC2)n1C. The number of sulfonamides is 1. The summed E-state index contributed by atoms with van der Waals surface area (Å²) in [6, 6.07) is 9.16. The van der Waals surface area contributed by atoms with Crippen LogP contribution < -0.4 is 4.31 Å². The predicted molar refractivity (Wildman–Crippen MR) is 109 cm³/mol. The zero-order chi connectivity index (χ0) is 20.1. The lowest BCUT2D eigenvalue weighted by Crippen LogP contribution is -2.38. The van der Waals surface area contributed by atoms with Gasteiger partial charge < -0.3 is 9.47 Å². The van der Waals surface area contributed by atoms with Crippen LogP contribution in [0.3, 0.4) is 0 Å². The van der Waals surface area contributed by atoms with E-state index in [1.807, 2.05) is 29.2 Å². The van der Waals surface area contributed by atoms with E-state index in [4.69, 9.17) is 0 Å². The van der Waals surface area contributed by atoms with Crippen molar-refractivity contribution in [2.45, 2.75) is 38.0 Å². The van der Waals surface area contributed by atoms with E-state index in [-0.39, 0.29) is 10.8 Å². The standard InChI is InChI=1S/C21H27N3O3S/c1-15-8-11-23(12-9-15)21(25)19-14-20(16(2)22(19)3)28(26,27)24-13-10-17-6-4-5-7-18(17)24/h4-7,14-15H,8-13H2,1-3H3. The second-order valence-corrected chi connectivity index (χ2v) is 9.80. The van der Waals surface area contributed by atoms with E-state index in [1.54, 1.807) is 24.6 Å². The van der Waals surface area contributed by atoms with Crippen LogP contribution >= 0.6 is 0 Å². The van der Waals surface area contributed by atoms with Crippen LogP contribution in [0.2, 0.25) is 0 Å². The quantitative estimate of drug-likeness (QED) is 0.794. The molecular weight excluding hydrogens is 374 g/mol. The zero-order valence-electron chi connectivity index (χ0n) is 16.7. The maximum absolute atomic E-state index is 13.4. The van der Waals surface area contributed by atoms with Crippen LogP contribution in [0.1, 0.15) is 41.5 Å². The number of rotatable bonds is 3. The van der Waals surface area contributed by atoms with Gasteiger partial charge in [0.2, 0.25) is 0 Å². The molecule has 2 aliphatic heterocycles. The fourth-order valence-corrected chi connectivity index (χ4v) is 5.96. The number of amides is 1. The summed E-state index contributed by atoms with van der Waals surface area (Å²) >= 11 is 0. The minimum Gasteiger partial charge on any atom is -0.343 e. The molecule has 1 amide bonds. The van der Waals surface area contributed by atoms with E-state index in [0.717, 1.165) is 37.2 Å². The molecule has 0 aliphatic carbocycles. The number of piperidine rings is 1. The van der Waals surface area contributed by atoms with Crippen LogP contribution in [0.15, 0.2) is 35.2 Å². The van der Waals surface area contributed by atoms with Gasteiger partial charge in [0, 0.05) is 32.4 Å². The zero-order valence-corrected chi connectivity index (χ0v) is 17.5. The van der Waals surface area contributed by atoms with Crippen molar-refractivity contribution in [1.29, 1.82) is 0 Å². The van der Waals surface area contributed by atoms with Gasteiger partial charge in [0.05, 0.1) is 5.69 Å². The smallest absolute Gasteiger partial charge is 0.270 e. The van der Waals surface area contributed by atoms with Crippen LogP contribution in [0, 0.1) is 12.8 Å². The summed E-state index contributed by atoms with van der Waals surface area (Å²) in [6.07, 6.45) is 2.69. The lowest BCUT2D eigenvalue weighted by Gasteiger charge is -2.30. The number of aromatic nitrogens is 1. The first-order valence-corrected chi connectivity index (χ1v) is 11.3. The Hall–Kier alpha value is -2.28. The van der Waals surface area contributed by atoms with E-state index in [2.05, 4.69) is 6.92 Å². The predicted octanol–water partition coefficient (Wildman–Crippen LogP) is 2.96. The second kappa shape index (κ2) is 6.95. The number of hydrogen-bond acceptors (Lipinski definition) is 3. The Kier molecular flexibility index (Phi) is 4.73. The van der Waals surface area contributed by atoms with Crippen molar-refractivity contribution in [3.8, 4) is 0 Å². The first kappa shape index (κ1) is 19.1. The molecule has 0 bridgehead atoms. The number of benzene rings is 1. The number of carbonyl (C=O) groups is 1. The maximum atomic E-state index is 13.4. The van der Waals surface area contributed by atoms with E-state index < -0.39 is 10.0 Å². The molecule has 1 fully saturated rings. The number of para-hydroxylation sites is 1. The molecule has 0 saturated carbocycles. The third-order valence-corrected chi connectivity index (χ3v) is 8.12. The van der Waals surface area contributed by atoms with Crippen molar-refractivity contribution < 1.29 is 13.2 Å². The lowest BCUT2D eigenvalue weighted by atomic mass is 9.99. The third kappa shape index (κ3) is 3.02. The fourth-order valence-electron chi connectivity index (χ4n) is 4.19. The highest BCUT2D eigenvalue weighted by Crippen LogP contribution is 2.34. The van der Waals surface area contributed by atoms with Gasteiger partial charge in [0.25, 0.3) is 15.9 Å². The molecular formula is C21H27N3O3S. The maximum Gasteiger partial charge on any atom is 0.270 e. The summed E-state index contributed by atoms with van der Waals surface area (Å²) in [4.78, 5) is 15.1. The number of likely N-dealkylation sites (tertiary alicyclic amines) is 1. The van der Waals surface area contributed by atoms with Gasteiger partial charge in [-0.1, -0.05) is 25.1 Å². The summed E-state index contributed by atoms with van der Waals surface area (Å²) in [6.45, 7) is 5.86. The number of nitrogens with zero attached hydrogens (tertiary/aromatic N) is 3. The van der Waals surface area contributed by atoms with Gasteiger partial charge in [-0.15, -0.1) is 0 Å². The normalized spacial score (nSPS) is 17.8. The van der Waals surface area contributed by atoms with Crippen LogP contribution in [-0.4, -0.2) is 43.4 Å². The van der Waals surface area contributed by atoms with Crippen LogP contribution in [0.5, 0.6) is 0 Å². The molecule has 2 aromatic rings. The highest BCUT2D eigenvalue weighted by molar-refractivity contribution is 7.93. The van der Waals surface area contributed by atoms with Crippen LogP contribution in [0.25, 0.3) is 0 Å². The van der Waals surface area contributed by atoms with Gasteiger partial charge in [-0.2, -0.15) is 0 Å². The van der Waals surface area contributed by atoms with Gasteiger partial charge in [0.15, 0.2) is 0 Å². The minimum absolute atomic E-state index is 0.0826. The topological polar surface area (TPSA) is 62.6 Å². The second-order valence-electron chi connectivity index (χ2n) is 7.97. The minimum atomic E-state index is -3.72. The average molecular weight is 402 g/mol. The molecule has 4 rings (SSSR count). The summed E-state index contributed by atoms with van der Waals surface area (Å²) in [5.41, 5.74) is 2.82. The van der Waals surface area contributed by atoms with Crippen molar-refractivity contribution in [3.05, 3.63) is 47.3 Å². The Labute approximate surface area is 166 Å². The molecule has 3 heterocycles. The van der Waals surface area contributed by atoms with Gasteiger partial charge in [-0.25, -0.2) is 8.42 Å². The lowest BCUT2D eigenvalue weighted by molar-refractivity contribution is 0.0687. The Morgan fingerprint density at radius 1 is 1.11 bits per heavy atom. The summed E-state index contributed by atoms with van der Waals surface area (Å²) < 4.78 is 30.0. The van der Waals surface area contributed by atoms with Crippen LogP contribution in [0.4, 0.5) is 5.69 Å². The molecule has 1 saturated heterocycles. The highest BCUT2D eigenvalue weighted by Gasteiger charge is 2.34. The third-order valence-electron chi connectivity index (χ3n) is 6.19. The molecule has 1 aromatic heterocycles. The fraction of sp³-hybridized carbons (Fsp3) is 0.476. The number of carbonyl (C=O) groups excluding carboxylic acids is 1. The Morgan fingerprint density at radius 2 is 1.79 bits per heavy atom. The van der Waals surface area contributed by atoms with Gasteiger partial charge in [-0.05, 0) is 49.8 Å². The molecule has 6 nitrogen and oxygen atoms in total. The summed E-state index contributed by atoms with van der Waals surface area (Å²) in [5, 5.41) is 0. The molecule has 0 unspecified atom stereocenters. The Bertz CT molecular complexity index is 1020. The summed E-state index contributed by atoms with van der Waals surface area (Å²) in [5.74, 6) is 0.547. The van der Waals surface area contributed by atoms with Crippen molar-refractivity contribution in [1.82, 2.24) is 9.47 Å². The van der Waals surface area contributed by atoms with Crippen molar-refractivity contribution in [3.63, 3.8) is 0 Å². The Balaban J connectivity index is 1.68. The number of fused-ring (bicyclic) bond motifs is 1. The van der Waals surface area contributed by atoms with E-state index in [1.165, 1.54) is 4.31 Å². The molecule has 0 spiro atoms. The van der Waals surface area contributed by atoms with Crippen LogP contribution in [-0.2, 0) is 23.5 Å². The highest BCUT2D eigenvalue weighted by atomic mass is 32.2. The molecule has 1 aromatic carbocycles. The largest absolute Gasteiger partial charge is 0.343 e. The average Bonchev–Trinajstić information content (AvgIpc) is 3.25. The summed E-state index contributed by atoms with van der Waals surface area (Å²) in [7, 11) is -1.95. The van der Waals surface area contributed by atoms with Gasteiger partial charge >= 0.3 is 0 Å². The van der Waals surface area contributed by atoms with E-state index in [0.29, 0.717) is 30.3 Å². The molecule has 0 atom stereocenters. The first-order chi connectivity index (χ1) is 13.3. The number of anilines is 1. The molecule has 2 aliphatic rings. The Morgan fingerprint density at radius 3 is 2.50 bits per heavy atom. The van der Waals surface area contributed by atoms with Gasteiger partial charge in [0.1, 0.15) is 10.6 Å². The molecule has 0 radical (unpaired) electrons. The number of hydrogen-bond donors (Lipinski definition) is 0. The van der Waals surface area contributed by atoms with Crippen molar-refractivity contribution in [2.75, 3.05) is 23.9 Å². The van der Waals surface area contributed by atoms with E-state index >= 15 is 0 Å². The monoisotopic (exact) mass is 401 g/mol. The van der Waals surface area contributed by atoms with Gasteiger partial charge in [-0.3, -0.25) is 9.10 Å². The first-order valence-electron chi connectivity index (χ1n) is 9.87. The van der Waals surface area contributed by atoms with Crippen molar-refractivity contribution >= 4 is 21.6 Å². The molecule has 7 heteroatoms. The molecule has 0 N–H and O–H groups in total. The molecule has 28 heavy (non-hydrogen) atoms. The van der Waals surface area contributed by atoms with E-state index in [9.17, 15) is 13.2 Å². The van der Waals surface area contributed by atoms with Crippen molar-refractivity contribution in [2.24, 2.45) is 13.0 Å². The molecule has 150 valence electrons.